The van der Waals surface area contributed by atoms with E-state index in [9.17, 15) is 18.0 Å². The minimum absolute atomic E-state index is 0.00890. The van der Waals surface area contributed by atoms with E-state index < -0.39 is 10.0 Å². The van der Waals surface area contributed by atoms with Crippen molar-refractivity contribution in [3.63, 3.8) is 0 Å². The van der Waals surface area contributed by atoms with Crippen LogP contribution >= 0.6 is 23.2 Å². The van der Waals surface area contributed by atoms with Crippen LogP contribution in [0.3, 0.4) is 0 Å². The van der Waals surface area contributed by atoms with Crippen molar-refractivity contribution in [3.8, 4) is 0 Å². The van der Waals surface area contributed by atoms with Crippen molar-refractivity contribution in [2.24, 2.45) is 11.8 Å². The molecule has 10 heteroatoms. The van der Waals surface area contributed by atoms with Gasteiger partial charge < -0.3 is 10.2 Å². The average molecular weight is 617 g/mol. The highest BCUT2D eigenvalue weighted by Crippen LogP contribution is 2.32. The van der Waals surface area contributed by atoms with Gasteiger partial charge in [-0.3, -0.25) is 9.59 Å². The number of nitrogens with one attached hydrogen (secondary N) is 1. The fourth-order valence-corrected chi connectivity index (χ4v) is 7.79. The van der Waals surface area contributed by atoms with Gasteiger partial charge in [-0.15, -0.1) is 0 Å². The van der Waals surface area contributed by atoms with Crippen LogP contribution in [0, 0.1) is 18.8 Å². The molecule has 0 radical (unpaired) electrons. The third-order valence-corrected chi connectivity index (χ3v) is 10.0. The number of benzene rings is 3. The number of rotatable bonds is 9. The highest BCUT2D eigenvalue weighted by atomic mass is 35.5. The van der Waals surface area contributed by atoms with Gasteiger partial charge >= 0.3 is 0 Å². The number of halogens is 2. The summed E-state index contributed by atoms with van der Waals surface area (Å²) in [6.45, 7) is 7.50. The molecule has 0 spiro atoms. The number of amides is 2. The fraction of sp³-hybridized carbons (Fsp3) is 0.355. The monoisotopic (exact) mass is 615 g/mol. The molecule has 2 unspecified atom stereocenters. The van der Waals surface area contributed by atoms with Crippen LogP contribution in [0.4, 0.5) is 5.69 Å². The Balaban J connectivity index is 1.51. The summed E-state index contributed by atoms with van der Waals surface area (Å²) in [4.78, 5) is 28.0. The zero-order valence-electron chi connectivity index (χ0n) is 23.4. The van der Waals surface area contributed by atoms with E-state index in [1.165, 1.54) is 16.4 Å². The van der Waals surface area contributed by atoms with E-state index in [1.54, 1.807) is 18.2 Å². The maximum Gasteiger partial charge on any atom is 0.253 e. The normalized spacial score (nSPS) is 17.5. The highest BCUT2D eigenvalue weighted by molar-refractivity contribution is 7.89. The Morgan fingerprint density at radius 3 is 2.22 bits per heavy atom. The summed E-state index contributed by atoms with van der Waals surface area (Å²) in [5, 5.41) is 2.89. The van der Waals surface area contributed by atoms with Crippen LogP contribution in [-0.2, 0) is 21.4 Å². The molecule has 0 aromatic heterocycles. The first-order valence-corrected chi connectivity index (χ1v) is 15.8. The lowest BCUT2D eigenvalue weighted by Gasteiger charge is -2.35. The number of hydrogen-bond acceptors (Lipinski definition) is 4. The second-order valence-electron chi connectivity index (χ2n) is 10.9. The molecule has 3 aromatic rings. The van der Waals surface area contributed by atoms with Gasteiger partial charge in [0.2, 0.25) is 15.9 Å². The molecule has 1 aliphatic rings. The van der Waals surface area contributed by atoms with Crippen LogP contribution in [0.25, 0.3) is 0 Å². The van der Waals surface area contributed by atoms with Crippen molar-refractivity contribution in [2.75, 3.05) is 25.0 Å². The largest absolute Gasteiger partial charge is 0.338 e. The van der Waals surface area contributed by atoms with E-state index in [2.05, 4.69) is 19.2 Å². The SMILES string of the molecule is Cc1ccc(C(=O)N2CC(C)CC(C)C2)cc1NC(=O)CCN(Cc1ccccc1)S(=O)(=O)c1c(Cl)cccc1Cl. The molecule has 2 amide bonds. The Kier molecular flexibility index (Phi) is 10.1. The van der Waals surface area contributed by atoms with Crippen molar-refractivity contribution < 1.29 is 18.0 Å². The number of sulfonamides is 1. The van der Waals surface area contributed by atoms with Crippen LogP contribution in [0.15, 0.2) is 71.6 Å². The molecule has 3 aromatic carbocycles. The van der Waals surface area contributed by atoms with Gasteiger partial charge in [0, 0.05) is 43.9 Å². The van der Waals surface area contributed by atoms with Crippen molar-refractivity contribution in [1.29, 1.82) is 0 Å². The molecule has 41 heavy (non-hydrogen) atoms. The van der Waals surface area contributed by atoms with Crippen molar-refractivity contribution >= 4 is 50.7 Å². The molecule has 0 aliphatic carbocycles. The Hall–Kier alpha value is -2.91. The van der Waals surface area contributed by atoms with Gasteiger partial charge in [-0.1, -0.05) is 79.5 Å². The van der Waals surface area contributed by atoms with E-state index >= 15 is 0 Å². The first-order chi connectivity index (χ1) is 19.5. The minimum atomic E-state index is -4.14. The van der Waals surface area contributed by atoms with Gasteiger partial charge in [0.05, 0.1) is 10.0 Å². The molecule has 1 N–H and O–H groups in total. The standard InChI is InChI=1S/C31H35Cl2N3O4S/c1-21-16-22(2)19-35(18-21)31(38)25-13-12-23(3)28(17-25)34-29(37)14-15-36(20-24-8-5-4-6-9-24)41(39,40)30-26(32)10-7-11-27(30)33/h4-13,17,21-22H,14-16,18-20H2,1-3H3,(H,34,37). The minimum Gasteiger partial charge on any atom is -0.338 e. The van der Waals surface area contributed by atoms with Gasteiger partial charge in [0.25, 0.3) is 5.91 Å². The summed E-state index contributed by atoms with van der Waals surface area (Å²) < 4.78 is 28.6. The smallest absolute Gasteiger partial charge is 0.253 e. The molecular weight excluding hydrogens is 581 g/mol. The van der Waals surface area contributed by atoms with Crippen LogP contribution < -0.4 is 5.32 Å². The van der Waals surface area contributed by atoms with Gasteiger partial charge in [-0.2, -0.15) is 4.31 Å². The zero-order chi connectivity index (χ0) is 29.7. The van der Waals surface area contributed by atoms with Crippen LogP contribution in [0.2, 0.25) is 10.0 Å². The molecule has 1 heterocycles. The molecule has 4 rings (SSSR count). The van der Waals surface area contributed by atoms with Crippen LogP contribution in [-0.4, -0.2) is 49.1 Å². The lowest BCUT2D eigenvalue weighted by Crippen LogP contribution is -2.42. The predicted octanol–water partition coefficient (Wildman–Crippen LogP) is 6.64. The van der Waals surface area contributed by atoms with E-state index in [0.29, 0.717) is 36.2 Å². The van der Waals surface area contributed by atoms with E-state index in [0.717, 1.165) is 17.5 Å². The van der Waals surface area contributed by atoms with Gasteiger partial charge in [-0.05, 0) is 60.6 Å². The van der Waals surface area contributed by atoms with Crippen molar-refractivity contribution in [1.82, 2.24) is 9.21 Å². The first-order valence-electron chi connectivity index (χ1n) is 13.6. The second-order valence-corrected chi connectivity index (χ2v) is 13.5. The summed E-state index contributed by atoms with van der Waals surface area (Å²) in [7, 11) is -4.14. The fourth-order valence-electron chi connectivity index (χ4n) is 5.27. The van der Waals surface area contributed by atoms with Crippen molar-refractivity contribution in [3.05, 3.63) is 93.5 Å². The summed E-state index contributed by atoms with van der Waals surface area (Å²) >= 11 is 12.5. The summed E-state index contributed by atoms with van der Waals surface area (Å²) in [5.74, 6) is 0.429. The third kappa shape index (κ3) is 7.68. The quantitative estimate of drug-likeness (QED) is 0.292. The highest BCUT2D eigenvalue weighted by Gasteiger charge is 2.30. The molecule has 1 saturated heterocycles. The number of piperidine rings is 1. The maximum absolute atomic E-state index is 13.7. The lowest BCUT2D eigenvalue weighted by molar-refractivity contribution is -0.116. The maximum atomic E-state index is 13.7. The Morgan fingerprint density at radius 2 is 1.59 bits per heavy atom. The molecule has 1 fully saturated rings. The number of aryl methyl sites for hydroxylation is 1. The summed E-state index contributed by atoms with van der Waals surface area (Å²) in [6, 6.07) is 18.9. The number of nitrogens with zero attached hydrogens (tertiary/aromatic N) is 2. The molecule has 1 aliphatic heterocycles. The molecule has 0 saturated carbocycles. The van der Waals surface area contributed by atoms with Gasteiger partial charge in [0.1, 0.15) is 4.90 Å². The Labute approximate surface area is 252 Å². The Morgan fingerprint density at radius 1 is 0.951 bits per heavy atom. The molecule has 7 nitrogen and oxygen atoms in total. The van der Waals surface area contributed by atoms with Gasteiger partial charge in [-0.25, -0.2) is 8.42 Å². The lowest BCUT2D eigenvalue weighted by atomic mass is 9.91. The van der Waals surface area contributed by atoms with Crippen LogP contribution in [0.1, 0.15) is 48.2 Å². The van der Waals surface area contributed by atoms with Crippen molar-refractivity contribution in [2.45, 2.75) is 45.1 Å². The summed E-state index contributed by atoms with van der Waals surface area (Å²) in [5.41, 5.74) is 2.58. The second kappa shape index (κ2) is 13.4. The summed E-state index contributed by atoms with van der Waals surface area (Å²) in [6.07, 6.45) is 0.978. The van der Waals surface area contributed by atoms with Gasteiger partial charge in [0.15, 0.2) is 0 Å². The molecule has 218 valence electrons. The topological polar surface area (TPSA) is 86.8 Å². The average Bonchev–Trinajstić information content (AvgIpc) is 2.91. The number of hydrogen-bond donors (Lipinski definition) is 1. The number of anilines is 1. The van der Waals surface area contributed by atoms with E-state index in [1.807, 2.05) is 48.2 Å². The first kappa shape index (κ1) is 31.0. The van der Waals surface area contributed by atoms with Crippen LogP contribution in [0.5, 0.6) is 0 Å². The van der Waals surface area contributed by atoms with E-state index in [4.69, 9.17) is 23.2 Å². The zero-order valence-corrected chi connectivity index (χ0v) is 25.8. The molecule has 2 atom stereocenters. The Bertz CT molecular complexity index is 1480. The number of carbonyl (C=O) groups is 2. The number of likely N-dealkylation sites (tertiary alicyclic amines) is 1. The van der Waals surface area contributed by atoms with E-state index in [-0.39, 0.29) is 46.3 Å². The number of carbonyl (C=O) groups excluding carboxylic acids is 2. The predicted molar refractivity (Wildman–Crippen MR) is 164 cm³/mol. The molecule has 0 bridgehead atoms. The third-order valence-electron chi connectivity index (χ3n) is 7.22. The molecular formula is C31H35Cl2N3O4S.